The molecule has 2 N–H and O–H groups in total. The van der Waals surface area contributed by atoms with E-state index < -0.39 is 0 Å². The number of hydrogen-bond acceptors (Lipinski definition) is 3. The molecule has 3 unspecified atom stereocenters. The first-order valence-electron chi connectivity index (χ1n) is 7.04. The average Bonchev–Trinajstić information content (AvgIpc) is 2.79. The molecule has 0 radical (unpaired) electrons. The molecule has 104 valence electrons. The molecular weight excluding hydrogens is 245 g/mol. The standard InChI is InChI=1S/C15H20FNO2/c16-11-5-6-14-10(7-11)8-12(19-14)9-18-15-4-2-1-3-13(15)17/h5-7,12-13,15H,1-4,8-9,17H2. The Morgan fingerprint density at radius 1 is 1.32 bits per heavy atom. The SMILES string of the molecule is NC1CCCCC1OCC1Cc2cc(F)ccc2O1. The second kappa shape index (κ2) is 5.47. The minimum atomic E-state index is -0.210. The zero-order valence-corrected chi connectivity index (χ0v) is 11.0. The van der Waals surface area contributed by atoms with E-state index in [0.717, 1.165) is 30.6 Å². The van der Waals surface area contributed by atoms with Crippen molar-refractivity contribution in [2.75, 3.05) is 6.61 Å². The summed E-state index contributed by atoms with van der Waals surface area (Å²) in [4.78, 5) is 0. The fourth-order valence-corrected chi connectivity index (χ4v) is 2.95. The smallest absolute Gasteiger partial charge is 0.126 e. The van der Waals surface area contributed by atoms with Crippen LogP contribution in [0, 0.1) is 5.82 Å². The van der Waals surface area contributed by atoms with Gasteiger partial charge in [-0.1, -0.05) is 12.8 Å². The van der Waals surface area contributed by atoms with E-state index in [9.17, 15) is 4.39 Å². The summed E-state index contributed by atoms with van der Waals surface area (Å²) in [5, 5.41) is 0. The van der Waals surface area contributed by atoms with Gasteiger partial charge in [0.25, 0.3) is 0 Å². The van der Waals surface area contributed by atoms with Gasteiger partial charge in [0.2, 0.25) is 0 Å². The van der Waals surface area contributed by atoms with Gasteiger partial charge in [0, 0.05) is 18.0 Å². The van der Waals surface area contributed by atoms with Crippen LogP contribution in [0.15, 0.2) is 18.2 Å². The summed E-state index contributed by atoms with van der Waals surface area (Å²) >= 11 is 0. The molecule has 0 aromatic heterocycles. The van der Waals surface area contributed by atoms with Gasteiger partial charge in [0.1, 0.15) is 17.7 Å². The minimum Gasteiger partial charge on any atom is -0.487 e. The first-order valence-corrected chi connectivity index (χ1v) is 7.04. The Morgan fingerprint density at radius 2 is 2.16 bits per heavy atom. The second-order valence-corrected chi connectivity index (χ2v) is 5.52. The summed E-state index contributed by atoms with van der Waals surface area (Å²) in [6.07, 6.45) is 5.33. The number of hydrogen-bond donors (Lipinski definition) is 1. The molecule has 1 aliphatic carbocycles. The number of benzene rings is 1. The Hall–Kier alpha value is -1.13. The Kier molecular flexibility index (Phi) is 3.71. The molecule has 19 heavy (non-hydrogen) atoms. The largest absolute Gasteiger partial charge is 0.487 e. The summed E-state index contributed by atoms with van der Waals surface area (Å²) in [6.45, 7) is 0.536. The van der Waals surface area contributed by atoms with Crippen LogP contribution >= 0.6 is 0 Å². The number of rotatable bonds is 3. The molecule has 2 aliphatic rings. The second-order valence-electron chi connectivity index (χ2n) is 5.52. The van der Waals surface area contributed by atoms with Gasteiger partial charge >= 0.3 is 0 Å². The summed E-state index contributed by atoms with van der Waals surface area (Å²) in [6, 6.07) is 4.81. The highest BCUT2D eigenvalue weighted by molar-refractivity contribution is 5.37. The Bertz CT molecular complexity index is 452. The summed E-state index contributed by atoms with van der Waals surface area (Å²) in [7, 11) is 0. The number of ether oxygens (including phenoxy) is 2. The van der Waals surface area contributed by atoms with Crippen LogP contribution in [0.1, 0.15) is 31.2 Å². The van der Waals surface area contributed by atoms with Crippen molar-refractivity contribution in [3.63, 3.8) is 0 Å². The molecular formula is C15H20FNO2. The molecule has 1 aromatic rings. The van der Waals surface area contributed by atoms with Crippen molar-refractivity contribution in [3.8, 4) is 5.75 Å². The molecule has 0 saturated heterocycles. The first-order chi connectivity index (χ1) is 9.22. The number of halogens is 1. The lowest BCUT2D eigenvalue weighted by molar-refractivity contribution is -0.0197. The third kappa shape index (κ3) is 2.90. The zero-order valence-electron chi connectivity index (χ0n) is 11.0. The van der Waals surface area contributed by atoms with Crippen molar-refractivity contribution in [2.45, 2.75) is 50.4 Å². The topological polar surface area (TPSA) is 44.5 Å². The fraction of sp³-hybridized carbons (Fsp3) is 0.600. The highest BCUT2D eigenvalue weighted by Gasteiger charge is 2.27. The lowest BCUT2D eigenvalue weighted by Gasteiger charge is -2.29. The van der Waals surface area contributed by atoms with Crippen LogP contribution in [0.3, 0.4) is 0 Å². The summed E-state index contributed by atoms with van der Waals surface area (Å²) < 4.78 is 24.8. The predicted molar refractivity (Wildman–Crippen MR) is 70.7 cm³/mol. The van der Waals surface area contributed by atoms with E-state index in [1.165, 1.54) is 18.9 Å². The van der Waals surface area contributed by atoms with E-state index in [0.29, 0.717) is 6.61 Å². The molecule has 3 rings (SSSR count). The molecule has 3 nitrogen and oxygen atoms in total. The maximum atomic E-state index is 13.1. The van der Waals surface area contributed by atoms with Crippen LogP contribution in [0.25, 0.3) is 0 Å². The summed E-state index contributed by atoms with van der Waals surface area (Å²) in [5.41, 5.74) is 6.98. The quantitative estimate of drug-likeness (QED) is 0.912. The van der Waals surface area contributed by atoms with E-state index >= 15 is 0 Å². The first kappa shape index (κ1) is 12.9. The van der Waals surface area contributed by atoms with Crippen molar-refractivity contribution in [1.29, 1.82) is 0 Å². The molecule has 3 atom stereocenters. The van der Waals surface area contributed by atoms with Gasteiger partial charge in [0.05, 0.1) is 12.7 Å². The molecule has 1 heterocycles. The molecule has 1 saturated carbocycles. The van der Waals surface area contributed by atoms with Gasteiger partial charge in [-0.3, -0.25) is 0 Å². The maximum Gasteiger partial charge on any atom is 0.126 e. The van der Waals surface area contributed by atoms with Crippen molar-refractivity contribution in [3.05, 3.63) is 29.6 Å². The van der Waals surface area contributed by atoms with Gasteiger partial charge in [0.15, 0.2) is 0 Å². The van der Waals surface area contributed by atoms with E-state index in [-0.39, 0.29) is 24.1 Å². The van der Waals surface area contributed by atoms with Gasteiger partial charge < -0.3 is 15.2 Å². The highest BCUT2D eigenvalue weighted by atomic mass is 19.1. The average molecular weight is 265 g/mol. The van der Waals surface area contributed by atoms with E-state index in [4.69, 9.17) is 15.2 Å². The van der Waals surface area contributed by atoms with Crippen LogP contribution < -0.4 is 10.5 Å². The summed E-state index contributed by atoms with van der Waals surface area (Å²) in [5.74, 6) is 0.571. The van der Waals surface area contributed by atoms with Crippen molar-refractivity contribution >= 4 is 0 Å². The van der Waals surface area contributed by atoms with Crippen molar-refractivity contribution in [1.82, 2.24) is 0 Å². The Labute approximate surface area is 112 Å². The van der Waals surface area contributed by atoms with Gasteiger partial charge in [-0.15, -0.1) is 0 Å². The van der Waals surface area contributed by atoms with Crippen molar-refractivity contribution < 1.29 is 13.9 Å². The van der Waals surface area contributed by atoms with Gasteiger partial charge in [-0.05, 0) is 31.0 Å². The monoisotopic (exact) mass is 265 g/mol. The van der Waals surface area contributed by atoms with Gasteiger partial charge in [-0.2, -0.15) is 0 Å². The molecule has 1 aromatic carbocycles. The van der Waals surface area contributed by atoms with Crippen LogP contribution in [0.4, 0.5) is 4.39 Å². The predicted octanol–water partition coefficient (Wildman–Crippen LogP) is 2.42. The Morgan fingerprint density at radius 3 is 3.00 bits per heavy atom. The lowest BCUT2D eigenvalue weighted by Crippen LogP contribution is -2.41. The van der Waals surface area contributed by atoms with Crippen LogP contribution in [0.5, 0.6) is 5.75 Å². The van der Waals surface area contributed by atoms with E-state index in [1.54, 1.807) is 12.1 Å². The minimum absolute atomic E-state index is 0.00840. The van der Waals surface area contributed by atoms with Crippen LogP contribution in [0.2, 0.25) is 0 Å². The third-order valence-corrected chi connectivity index (χ3v) is 4.01. The van der Waals surface area contributed by atoms with Crippen LogP contribution in [-0.4, -0.2) is 24.9 Å². The van der Waals surface area contributed by atoms with E-state index in [1.807, 2.05) is 0 Å². The molecule has 4 heteroatoms. The molecule has 1 fully saturated rings. The maximum absolute atomic E-state index is 13.1. The zero-order chi connectivity index (χ0) is 13.2. The normalized spacial score (nSPS) is 29.9. The lowest BCUT2D eigenvalue weighted by atomic mass is 9.93. The molecule has 0 bridgehead atoms. The number of nitrogens with two attached hydrogens (primary N) is 1. The molecule has 0 spiro atoms. The Balaban J connectivity index is 1.53. The number of fused-ring (bicyclic) bond motifs is 1. The molecule has 0 amide bonds. The van der Waals surface area contributed by atoms with Crippen LogP contribution in [-0.2, 0) is 11.2 Å². The third-order valence-electron chi connectivity index (χ3n) is 4.01. The fourth-order valence-electron chi connectivity index (χ4n) is 2.95. The molecule has 1 aliphatic heterocycles. The van der Waals surface area contributed by atoms with Gasteiger partial charge in [-0.25, -0.2) is 4.39 Å². The highest BCUT2D eigenvalue weighted by Crippen LogP contribution is 2.30. The van der Waals surface area contributed by atoms with Crippen molar-refractivity contribution in [2.24, 2.45) is 5.73 Å². The van der Waals surface area contributed by atoms with E-state index in [2.05, 4.69) is 0 Å².